The van der Waals surface area contributed by atoms with E-state index in [2.05, 4.69) is 10.9 Å². The lowest BCUT2D eigenvalue weighted by Crippen LogP contribution is -2.16. The number of non-ortho nitro benzene ring substituents is 1. The highest BCUT2D eigenvalue weighted by atomic mass is 32.1. The summed E-state index contributed by atoms with van der Waals surface area (Å²) in [6.45, 7) is 0.302. The van der Waals surface area contributed by atoms with Crippen molar-refractivity contribution in [3.8, 4) is 12.3 Å². The van der Waals surface area contributed by atoms with E-state index in [1.54, 1.807) is 4.57 Å². The molecule has 3 aromatic rings. The zero-order valence-electron chi connectivity index (χ0n) is 12.4. The smallest absolute Gasteiger partial charge is 0.279 e. The van der Waals surface area contributed by atoms with E-state index < -0.39 is 10.8 Å². The predicted octanol–water partition coefficient (Wildman–Crippen LogP) is 2.99. The van der Waals surface area contributed by atoms with Crippen LogP contribution in [0.25, 0.3) is 10.2 Å². The molecule has 1 amide bonds. The normalized spacial score (nSPS) is 11.4. The third kappa shape index (κ3) is 2.95. The topological polar surface area (TPSA) is 77.5 Å². The summed E-state index contributed by atoms with van der Waals surface area (Å²) in [5.74, 6) is 2.09. The van der Waals surface area contributed by atoms with Gasteiger partial charge < -0.3 is 4.57 Å². The minimum absolute atomic E-state index is 0.0733. The van der Waals surface area contributed by atoms with E-state index in [0.717, 1.165) is 10.2 Å². The molecule has 0 aliphatic rings. The highest BCUT2D eigenvalue weighted by Gasteiger charge is 2.10. The monoisotopic (exact) mass is 337 g/mol. The molecule has 0 aliphatic carbocycles. The van der Waals surface area contributed by atoms with Crippen LogP contribution in [-0.2, 0) is 6.54 Å². The van der Waals surface area contributed by atoms with E-state index in [-0.39, 0.29) is 11.3 Å². The molecule has 0 bridgehead atoms. The minimum atomic E-state index is -0.516. The number of terminal acetylenes is 1. The molecule has 2 aromatic carbocycles. The van der Waals surface area contributed by atoms with E-state index in [0.29, 0.717) is 11.3 Å². The summed E-state index contributed by atoms with van der Waals surface area (Å²) in [5.41, 5.74) is 1.12. The summed E-state index contributed by atoms with van der Waals surface area (Å²) >= 11 is 1.37. The molecule has 0 radical (unpaired) electrons. The zero-order chi connectivity index (χ0) is 17.1. The molecule has 0 saturated heterocycles. The van der Waals surface area contributed by atoms with E-state index >= 15 is 0 Å². The van der Waals surface area contributed by atoms with Crippen molar-refractivity contribution in [3.05, 3.63) is 69.0 Å². The van der Waals surface area contributed by atoms with Crippen molar-refractivity contribution in [3.63, 3.8) is 0 Å². The Morgan fingerprint density at radius 2 is 1.96 bits per heavy atom. The van der Waals surface area contributed by atoms with Gasteiger partial charge in [0.15, 0.2) is 4.80 Å². The maximum absolute atomic E-state index is 12.3. The van der Waals surface area contributed by atoms with Crippen molar-refractivity contribution in [1.82, 2.24) is 4.57 Å². The van der Waals surface area contributed by atoms with Gasteiger partial charge in [-0.2, -0.15) is 4.99 Å². The fraction of sp³-hybridized carbons (Fsp3) is 0.0588. The molecule has 0 N–H and O–H groups in total. The summed E-state index contributed by atoms with van der Waals surface area (Å²) < 4.78 is 2.77. The molecule has 0 saturated carbocycles. The Labute approximate surface area is 140 Å². The molecule has 6 nitrogen and oxygen atoms in total. The van der Waals surface area contributed by atoms with E-state index in [9.17, 15) is 14.9 Å². The number of fused-ring (bicyclic) bond motifs is 1. The molecule has 0 fully saturated rings. The van der Waals surface area contributed by atoms with Gasteiger partial charge in [-0.15, -0.1) is 6.42 Å². The van der Waals surface area contributed by atoms with E-state index in [4.69, 9.17) is 6.42 Å². The highest BCUT2D eigenvalue weighted by molar-refractivity contribution is 7.16. The third-order valence-electron chi connectivity index (χ3n) is 3.36. The molecule has 1 heterocycles. The lowest BCUT2D eigenvalue weighted by molar-refractivity contribution is -0.384. The first-order valence-electron chi connectivity index (χ1n) is 6.95. The van der Waals surface area contributed by atoms with Crippen molar-refractivity contribution in [1.29, 1.82) is 0 Å². The van der Waals surface area contributed by atoms with Crippen molar-refractivity contribution < 1.29 is 9.72 Å². The summed E-state index contributed by atoms with van der Waals surface area (Å²) in [4.78, 5) is 27.1. The summed E-state index contributed by atoms with van der Waals surface area (Å²) in [6, 6.07) is 13.0. The molecule has 0 unspecified atom stereocenters. The van der Waals surface area contributed by atoms with Gasteiger partial charge in [-0.1, -0.05) is 29.4 Å². The first kappa shape index (κ1) is 15.6. The molecule has 118 valence electrons. The number of carbonyl (C=O) groups excluding carboxylic acids is 1. The number of benzene rings is 2. The molecule has 0 spiro atoms. The quantitative estimate of drug-likeness (QED) is 0.419. The molecule has 1 aromatic heterocycles. The minimum Gasteiger partial charge on any atom is -0.305 e. The van der Waals surface area contributed by atoms with Crippen LogP contribution in [0.5, 0.6) is 0 Å². The van der Waals surface area contributed by atoms with Gasteiger partial charge in [-0.25, -0.2) is 0 Å². The number of aromatic nitrogens is 1. The Morgan fingerprint density at radius 1 is 1.25 bits per heavy atom. The second-order valence-electron chi connectivity index (χ2n) is 4.86. The number of para-hydroxylation sites is 1. The van der Waals surface area contributed by atoms with Gasteiger partial charge in [0, 0.05) is 17.7 Å². The number of nitro benzene ring substituents is 1. The number of carbonyl (C=O) groups is 1. The van der Waals surface area contributed by atoms with Crippen molar-refractivity contribution in [2.75, 3.05) is 0 Å². The molecular formula is C17H11N3O3S. The second-order valence-corrected chi connectivity index (χ2v) is 5.87. The molecule has 24 heavy (non-hydrogen) atoms. The molecule has 3 rings (SSSR count). The number of nitrogens with zero attached hydrogens (tertiary/aromatic N) is 3. The lowest BCUT2D eigenvalue weighted by Gasteiger charge is -1.99. The van der Waals surface area contributed by atoms with Crippen LogP contribution in [-0.4, -0.2) is 15.4 Å². The van der Waals surface area contributed by atoms with Gasteiger partial charge in [-0.05, 0) is 24.3 Å². The number of rotatable bonds is 3. The fourth-order valence-corrected chi connectivity index (χ4v) is 3.26. The van der Waals surface area contributed by atoms with Crippen LogP contribution in [0.4, 0.5) is 5.69 Å². The van der Waals surface area contributed by atoms with Gasteiger partial charge in [0.1, 0.15) is 0 Å². The molecule has 0 aliphatic heterocycles. The van der Waals surface area contributed by atoms with Gasteiger partial charge in [0.25, 0.3) is 11.6 Å². The number of hydrogen-bond acceptors (Lipinski definition) is 4. The number of hydrogen-bond donors (Lipinski definition) is 0. The third-order valence-corrected chi connectivity index (χ3v) is 4.42. The van der Waals surface area contributed by atoms with Crippen LogP contribution in [0.2, 0.25) is 0 Å². The number of thiazole rings is 1. The Kier molecular flexibility index (Phi) is 4.22. The molecule has 7 heteroatoms. The van der Waals surface area contributed by atoms with Crippen LogP contribution >= 0.6 is 11.3 Å². The highest BCUT2D eigenvalue weighted by Crippen LogP contribution is 2.17. The van der Waals surface area contributed by atoms with E-state index in [1.165, 1.54) is 35.6 Å². The van der Waals surface area contributed by atoms with Crippen LogP contribution in [0, 0.1) is 22.5 Å². The van der Waals surface area contributed by atoms with E-state index in [1.807, 2.05) is 24.3 Å². The Balaban J connectivity index is 2.06. The zero-order valence-corrected chi connectivity index (χ0v) is 13.2. The summed E-state index contributed by atoms with van der Waals surface area (Å²) in [6.07, 6.45) is 5.41. The second kappa shape index (κ2) is 6.48. The van der Waals surface area contributed by atoms with Crippen LogP contribution < -0.4 is 4.80 Å². The maximum Gasteiger partial charge on any atom is 0.279 e. The van der Waals surface area contributed by atoms with Gasteiger partial charge >= 0.3 is 0 Å². The SMILES string of the molecule is C#CCn1c(=NC(=O)c2ccc([N+](=O)[O-])cc2)sc2ccccc21. The lowest BCUT2D eigenvalue weighted by atomic mass is 10.2. The van der Waals surface area contributed by atoms with Gasteiger partial charge in [-0.3, -0.25) is 14.9 Å². The Morgan fingerprint density at radius 3 is 2.62 bits per heavy atom. The average molecular weight is 337 g/mol. The summed E-state index contributed by atoms with van der Waals surface area (Å²) in [7, 11) is 0. The predicted molar refractivity (Wildman–Crippen MR) is 91.6 cm³/mol. The van der Waals surface area contributed by atoms with Gasteiger partial charge in [0.2, 0.25) is 0 Å². The molecule has 0 atom stereocenters. The standard InChI is InChI=1S/C17H11N3O3S/c1-2-11-19-14-5-3-4-6-15(14)24-17(19)18-16(21)12-7-9-13(10-8-12)20(22)23/h1,3-10H,11H2. The van der Waals surface area contributed by atoms with Crippen LogP contribution in [0.15, 0.2) is 53.5 Å². The Bertz CT molecular complexity index is 1040. The van der Waals surface area contributed by atoms with Crippen LogP contribution in [0.3, 0.4) is 0 Å². The Hall–Kier alpha value is -3.24. The fourth-order valence-electron chi connectivity index (χ4n) is 2.23. The first-order valence-corrected chi connectivity index (χ1v) is 7.77. The van der Waals surface area contributed by atoms with Gasteiger partial charge in [0.05, 0.1) is 21.7 Å². The largest absolute Gasteiger partial charge is 0.305 e. The molecular weight excluding hydrogens is 326 g/mol. The number of amides is 1. The first-order chi connectivity index (χ1) is 11.6. The average Bonchev–Trinajstić information content (AvgIpc) is 2.93. The maximum atomic E-state index is 12.3. The number of nitro groups is 1. The van der Waals surface area contributed by atoms with Crippen molar-refractivity contribution in [2.45, 2.75) is 6.54 Å². The summed E-state index contributed by atoms with van der Waals surface area (Å²) in [5, 5.41) is 10.7. The van der Waals surface area contributed by atoms with Crippen molar-refractivity contribution in [2.24, 2.45) is 4.99 Å². The van der Waals surface area contributed by atoms with Crippen molar-refractivity contribution >= 4 is 33.1 Å². The van der Waals surface area contributed by atoms with Crippen LogP contribution in [0.1, 0.15) is 10.4 Å².